The molecule has 5 heteroatoms. The highest BCUT2D eigenvalue weighted by atomic mass is 35.5. The molecule has 0 unspecified atom stereocenters. The van der Waals surface area contributed by atoms with Gasteiger partial charge in [0, 0.05) is 31.1 Å². The van der Waals surface area contributed by atoms with Crippen molar-refractivity contribution in [1.29, 1.82) is 0 Å². The van der Waals surface area contributed by atoms with E-state index in [0.29, 0.717) is 29.2 Å². The zero-order valence-corrected chi connectivity index (χ0v) is 11.3. The van der Waals surface area contributed by atoms with E-state index in [-0.39, 0.29) is 11.8 Å². The molecule has 2 aliphatic rings. The van der Waals surface area contributed by atoms with Crippen LogP contribution in [0, 0.1) is 0 Å². The molecule has 3 rings (SSSR count). The molecule has 0 aliphatic carbocycles. The van der Waals surface area contributed by atoms with Gasteiger partial charge in [-0.15, -0.1) is 0 Å². The predicted octanol–water partition coefficient (Wildman–Crippen LogP) is 2.31. The van der Waals surface area contributed by atoms with Gasteiger partial charge in [0.15, 0.2) is 0 Å². The lowest BCUT2D eigenvalue weighted by Gasteiger charge is -2.32. The molecule has 0 bridgehead atoms. The van der Waals surface area contributed by atoms with Gasteiger partial charge in [-0.1, -0.05) is 11.6 Å². The van der Waals surface area contributed by atoms with Gasteiger partial charge in [0.05, 0.1) is 11.3 Å². The zero-order chi connectivity index (χ0) is 13.4. The standard InChI is InChI=1S/C14H15ClN2O2/c15-10-4-5-11(14(19)16-6-2-7-16)12(9-10)17-8-1-3-13(17)18/h4-5,9H,1-3,6-8H2. The third-order valence-electron chi connectivity index (χ3n) is 3.70. The maximum absolute atomic E-state index is 12.4. The van der Waals surface area contributed by atoms with Crippen LogP contribution in [0.4, 0.5) is 5.69 Å². The third kappa shape index (κ3) is 2.21. The van der Waals surface area contributed by atoms with Crippen molar-refractivity contribution in [3.05, 3.63) is 28.8 Å². The summed E-state index contributed by atoms with van der Waals surface area (Å²) in [7, 11) is 0. The van der Waals surface area contributed by atoms with Gasteiger partial charge in [0.2, 0.25) is 5.91 Å². The van der Waals surface area contributed by atoms with Crippen LogP contribution in [0.15, 0.2) is 18.2 Å². The van der Waals surface area contributed by atoms with Crippen molar-refractivity contribution in [3.8, 4) is 0 Å². The quantitative estimate of drug-likeness (QED) is 0.833. The average molecular weight is 279 g/mol. The van der Waals surface area contributed by atoms with Gasteiger partial charge < -0.3 is 9.80 Å². The molecule has 2 heterocycles. The van der Waals surface area contributed by atoms with E-state index in [9.17, 15) is 9.59 Å². The SMILES string of the molecule is O=C(c1ccc(Cl)cc1N1CCCC1=O)N1CCC1. The Bertz CT molecular complexity index is 540. The summed E-state index contributed by atoms with van der Waals surface area (Å²) in [5, 5.41) is 0.551. The van der Waals surface area contributed by atoms with Crippen LogP contribution in [0.5, 0.6) is 0 Å². The largest absolute Gasteiger partial charge is 0.338 e. The number of benzene rings is 1. The summed E-state index contributed by atoms with van der Waals surface area (Å²) in [6, 6.07) is 5.15. The lowest BCUT2D eigenvalue weighted by molar-refractivity contribution is -0.117. The molecule has 19 heavy (non-hydrogen) atoms. The van der Waals surface area contributed by atoms with Crippen LogP contribution >= 0.6 is 11.6 Å². The molecule has 0 N–H and O–H groups in total. The second kappa shape index (κ2) is 4.85. The third-order valence-corrected chi connectivity index (χ3v) is 3.93. The highest BCUT2D eigenvalue weighted by molar-refractivity contribution is 6.31. The van der Waals surface area contributed by atoms with E-state index < -0.39 is 0 Å². The minimum absolute atomic E-state index is 0.00221. The molecule has 0 aromatic heterocycles. The normalized spacial score (nSPS) is 18.7. The number of amides is 2. The number of carbonyl (C=O) groups excluding carboxylic acids is 2. The van der Waals surface area contributed by atoms with E-state index in [0.717, 1.165) is 25.9 Å². The number of rotatable bonds is 2. The van der Waals surface area contributed by atoms with E-state index in [2.05, 4.69) is 0 Å². The number of likely N-dealkylation sites (tertiary alicyclic amines) is 1. The van der Waals surface area contributed by atoms with Crippen molar-refractivity contribution in [3.63, 3.8) is 0 Å². The molecule has 1 aromatic rings. The van der Waals surface area contributed by atoms with E-state index >= 15 is 0 Å². The molecule has 1 aromatic carbocycles. The molecule has 0 radical (unpaired) electrons. The number of nitrogens with zero attached hydrogens (tertiary/aromatic N) is 2. The van der Waals surface area contributed by atoms with Crippen molar-refractivity contribution in [2.45, 2.75) is 19.3 Å². The minimum atomic E-state index is -0.00221. The van der Waals surface area contributed by atoms with Crippen molar-refractivity contribution in [2.75, 3.05) is 24.5 Å². The second-order valence-electron chi connectivity index (χ2n) is 4.96. The van der Waals surface area contributed by atoms with Crippen molar-refractivity contribution >= 4 is 29.1 Å². The van der Waals surface area contributed by atoms with Crippen molar-refractivity contribution < 1.29 is 9.59 Å². The van der Waals surface area contributed by atoms with Crippen LogP contribution in [0.2, 0.25) is 5.02 Å². The van der Waals surface area contributed by atoms with Crippen LogP contribution in [-0.4, -0.2) is 36.3 Å². The number of hydrogen-bond acceptors (Lipinski definition) is 2. The highest BCUT2D eigenvalue weighted by Crippen LogP contribution is 2.30. The van der Waals surface area contributed by atoms with Crippen molar-refractivity contribution in [1.82, 2.24) is 4.90 Å². The van der Waals surface area contributed by atoms with Crippen LogP contribution in [-0.2, 0) is 4.79 Å². The topological polar surface area (TPSA) is 40.6 Å². The highest BCUT2D eigenvalue weighted by Gasteiger charge is 2.29. The summed E-state index contributed by atoms with van der Waals surface area (Å²) in [5.74, 6) is 0.0672. The van der Waals surface area contributed by atoms with E-state index in [1.165, 1.54) is 0 Å². The number of hydrogen-bond donors (Lipinski definition) is 0. The summed E-state index contributed by atoms with van der Waals surface area (Å²) in [4.78, 5) is 27.7. The number of halogens is 1. The van der Waals surface area contributed by atoms with Crippen LogP contribution in [0.1, 0.15) is 29.6 Å². The van der Waals surface area contributed by atoms with E-state index in [1.54, 1.807) is 28.0 Å². The Balaban J connectivity index is 1.98. The van der Waals surface area contributed by atoms with Crippen LogP contribution in [0.3, 0.4) is 0 Å². The summed E-state index contributed by atoms with van der Waals surface area (Å²) >= 11 is 6.01. The molecule has 0 saturated carbocycles. The Kier molecular flexibility index (Phi) is 3.19. The second-order valence-corrected chi connectivity index (χ2v) is 5.39. The van der Waals surface area contributed by atoms with Gasteiger partial charge in [-0.2, -0.15) is 0 Å². The molecular formula is C14H15ClN2O2. The fourth-order valence-electron chi connectivity index (χ4n) is 2.50. The van der Waals surface area contributed by atoms with Gasteiger partial charge in [-0.3, -0.25) is 9.59 Å². The average Bonchev–Trinajstić information content (AvgIpc) is 2.72. The Morgan fingerprint density at radius 2 is 1.95 bits per heavy atom. The van der Waals surface area contributed by atoms with Gasteiger partial charge in [0.25, 0.3) is 5.91 Å². The molecule has 2 aliphatic heterocycles. The van der Waals surface area contributed by atoms with Gasteiger partial charge >= 0.3 is 0 Å². The lowest BCUT2D eigenvalue weighted by Crippen LogP contribution is -2.42. The molecule has 0 spiro atoms. The lowest BCUT2D eigenvalue weighted by atomic mass is 10.1. The molecule has 2 amide bonds. The number of carbonyl (C=O) groups is 2. The summed E-state index contributed by atoms with van der Waals surface area (Å²) in [6.07, 6.45) is 2.43. The first-order valence-corrected chi connectivity index (χ1v) is 6.94. The fourth-order valence-corrected chi connectivity index (χ4v) is 2.67. The van der Waals surface area contributed by atoms with Crippen LogP contribution < -0.4 is 4.90 Å². The Morgan fingerprint density at radius 1 is 1.16 bits per heavy atom. The fraction of sp³-hybridized carbons (Fsp3) is 0.429. The summed E-state index contributed by atoms with van der Waals surface area (Å²) in [5.41, 5.74) is 1.24. The van der Waals surface area contributed by atoms with Gasteiger partial charge in [-0.05, 0) is 31.0 Å². The molecule has 2 fully saturated rings. The van der Waals surface area contributed by atoms with E-state index in [4.69, 9.17) is 11.6 Å². The molecule has 100 valence electrons. The minimum Gasteiger partial charge on any atom is -0.338 e. The van der Waals surface area contributed by atoms with Crippen LogP contribution in [0.25, 0.3) is 0 Å². The zero-order valence-electron chi connectivity index (χ0n) is 10.6. The molecule has 0 atom stereocenters. The Morgan fingerprint density at radius 3 is 2.53 bits per heavy atom. The summed E-state index contributed by atoms with van der Waals surface area (Å²) < 4.78 is 0. The predicted molar refractivity (Wildman–Crippen MR) is 73.6 cm³/mol. The molecule has 4 nitrogen and oxygen atoms in total. The van der Waals surface area contributed by atoms with Crippen molar-refractivity contribution in [2.24, 2.45) is 0 Å². The number of anilines is 1. The summed E-state index contributed by atoms with van der Waals surface area (Å²) in [6.45, 7) is 2.27. The first kappa shape index (κ1) is 12.5. The Labute approximate surface area is 116 Å². The molecule has 2 saturated heterocycles. The smallest absolute Gasteiger partial charge is 0.255 e. The van der Waals surface area contributed by atoms with E-state index in [1.807, 2.05) is 0 Å². The monoisotopic (exact) mass is 278 g/mol. The first-order chi connectivity index (χ1) is 9.16. The van der Waals surface area contributed by atoms with Gasteiger partial charge in [0.1, 0.15) is 0 Å². The Hall–Kier alpha value is -1.55. The molecular weight excluding hydrogens is 264 g/mol. The van der Waals surface area contributed by atoms with Gasteiger partial charge in [-0.25, -0.2) is 0 Å². The maximum Gasteiger partial charge on any atom is 0.255 e. The maximum atomic E-state index is 12.4. The first-order valence-electron chi connectivity index (χ1n) is 6.56.